The van der Waals surface area contributed by atoms with Gasteiger partial charge in [0.25, 0.3) is 0 Å². The monoisotopic (exact) mass is 680 g/mol. The van der Waals surface area contributed by atoms with Crippen molar-refractivity contribution in [1.29, 1.82) is 0 Å². The first-order valence-corrected chi connectivity index (χ1v) is 19.3. The summed E-state index contributed by atoms with van der Waals surface area (Å²) in [5.74, 6) is 0.960. The van der Waals surface area contributed by atoms with Crippen molar-refractivity contribution in [3.05, 3.63) is 48.0 Å². The summed E-state index contributed by atoms with van der Waals surface area (Å²) < 4.78 is 26.0. The Morgan fingerprint density at radius 3 is 2.18 bits per heavy atom. The summed E-state index contributed by atoms with van der Waals surface area (Å²) in [4.78, 5) is 33.4. The van der Waals surface area contributed by atoms with E-state index in [4.69, 9.17) is 18.9 Å². The topological polar surface area (TPSA) is 77.5 Å². The minimum absolute atomic E-state index is 0.0164. The van der Waals surface area contributed by atoms with Crippen molar-refractivity contribution in [2.24, 2.45) is 23.7 Å². The molecule has 1 aromatic carbocycles. The minimum atomic E-state index is -0.796. The van der Waals surface area contributed by atoms with E-state index < -0.39 is 11.4 Å². The average Bonchev–Trinajstić information content (AvgIpc) is 3.62. The first-order chi connectivity index (χ1) is 23.5. The highest BCUT2D eigenvalue weighted by molar-refractivity contribution is 5.82. The van der Waals surface area contributed by atoms with E-state index in [1.54, 1.807) is 0 Å². The molecule has 274 valence electrons. The fourth-order valence-corrected chi connectivity index (χ4v) is 8.76. The summed E-state index contributed by atoms with van der Waals surface area (Å²) >= 11 is 0. The van der Waals surface area contributed by atoms with Gasteiger partial charge >= 0.3 is 0 Å². The molecule has 0 N–H and O–H groups in total. The second-order valence-electron chi connectivity index (χ2n) is 16.2. The highest BCUT2D eigenvalue weighted by Gasteiger charge is 2.51. The lowest BCUT2D eigenvalue weighted by atomic mass is 9.80. The number of ether oxygens (including phenoxy) is 4. The van der Waals surface area contributed by atoms with E-state index in [-0.39, 0.29) is 47.8 Å². The number of benzene rings is 1. The molecule has 1 aromatic rings. The van der Waals surface area contributed by atoms with Crippen molar-refractivity contribution in [2.75, 3.05) is 26.4 Å². The van der Waals surface area contributed by atoms with E-state index in [0.29, 0.717) is 71.1 Å². The molecule has 1 aliphatic carbocycles. The van der Waals surface area contributed by atoms with Gasteiger partial charge in [-0.1, -0.05) is 90.1 Å². The van der Waals surface area contributed by atoms with Crippen LogP contribution in [0, 0.1) is 23.7 Å². The maximum atomic E-state index is 15.0. The maximum Gasteiger partial charge on any atom is 0.228 e. The maximum absolute atomic E-state index is 15.0. The molecule has 2 saturated heterocycles. The number of nitrogens with zero attached hydrogens (tertiary/aromatic N) is 2. The van der Waals surface area contributed by atoms with Gasteiger partial charge in [-0.3, -0.25) is 9.59 Å². The normalized spacial score (nSPS) is 33.1. The van der Waals surface area contributed by atoms with Gasteiger partial charge in [0, 0.05) is 25.2 Å². The van der Waals surface area contributed by atoms with Crippen molar-refractivity contribution >= 4 is 11.8 Å². The summed E-state index contributed by atoms with van der Waals surface area (Å²) in [6.45, 7) is 19.1. The van der Waals surface area contributed by atoms with Gasteiger partial charge in [-0.2, -0.15) is 0 Å². The molecule has 8 heteroatoms. The van der Waals surface area contributed by atoms with Crippen molar-refractivity contribution in [2.45, 2.75) is 148 Å². The number of hydrogen-bond acceptors (Lipinski definition) is 6. The quantitative estimate of drug-likeness (QED) is 0.282. The molecule has 4 aliphatic rings. The zero-order valence-electron chi connectivity index (χ0n) is 31.3. The van der Waals surface area contributed by atoms with Crippen LogP contribution in [0.15, 0.2) is 36.9 Å². The third kappa shape index (κ3) is 8.80. The lowest BCUT2D eigenvalue weighted by molar-refractivity contribution is -0.159. The van der Waals surface area contributed by atoms with E-state index in [1.807, 2.05) is 30.0 Å². The second kappa shape index (κ2) is 16.8. The predicted octanol–water partition coefficient (Wildman–Crippen LogP) is 8.20. The van der Waals surface area contributed by atoms with Crippen LogP contribution in [0.3, 0.4) is 0 Å². The van der Waals surface area contributed by atoms with Crippen LogP contribution >= 0.6 is 0 Å². The zero-order chi connectivity index (χ0) is 35.2. The Balaban J connectivity index is 1.50. The Bertz CT molecular complexity index is 1260. The first-order valence-electron chi connectivity index (χ1n) is 19.3. The number of fused-ring (bicyclic) bond motifs is 3. The van der Waals surface area contributed by atoms with Crippen molar-refractivity contribution in [3.8, 4) is 0 Å². The molecule has 0 radical (unpaired) electrons. The average molecular weight is 681 g/mol. The van der Waals surface area contributed by atoms with E-state index in [2.05, 4.69) is 58.2 Å². The summed E-state index contributed by atoms with van der Waals surface area (Å²) in [7, 11) is 0. The molecule has 3 aliphatic heterocycles. The van der Waals surface area contributed by atoms with Gasteiger partial charge in [0.1, 0.15) is 11.4 Å². The van der Waals surface area contributed by atoms with Crippen LogP contribution in [-0.4, -0.2) is 71.6 Å². The van der Waals surface area contributed by atoms with E-state index >= 15 is 0 Å². The number of amides is 2. The van der Waals surface area contributed by atoms with Gasteiger partial charge in [0.05, 0.1) is 51.2 Å². The fourth-order valence-electron chi connectivity index (χ4n) is 8.76. The molecular weight excluding hydrogens is 616 g/mol. The highest BCUT2D eigenvalue weighted by atomic mass is 16.5. The molecule has 5 rings (SSSR count). The van der Waals surface area contributed by atoms with E-state index in [0.717, 1.165) is 30.4 Å². The van der Waals surface area contributed by atoms with Crippen molar-refractivity contribution < 1.29 is 28.5 Å². The molecule has 3 heterocycles. The Kier molecular flexibility index (Phi) is 13.1. The Morgan fingerprint density at radius 1 is 0.878 bits per heavy atom. The standard InChI is InChI=1S/C41H64N2O6/c1-8-14-37-34-18-13-12-17-33(34)26-46-23-21-40(6)42(35(27-48-40)29(2)3)38(44)20-19-32(25-31-15-10-9-11-16-31)39(45)43-36(30(4)5)28-49-41(43,7)22-24-47-37/h8,12-13,17-18,29-32,35-37H,1,9-11,14-16,19-28H2,2-7H3/t32?,35-,36+,37?,40?,41?/m1/s1. The molecule has 2 amide bonds. The van der Waals surface area contributed by atoms with Crippen LogP contribution < -0.4 is 0 Å². The molecule has 0 aromatic heterocycles. The zero-order valence-corrected chi connectivity index (χ0v) is 31.3. The van der Waals surface area contributed by atoms with E-state index in [1.165, 1.54) is 19.3 Å². The number of rotatable bonds is 6. The molecule has 0 bridgehead atoms. The molecule has 1 saturated carbocycles. The third-order valence-electron chi connectivity index (χ3n) is 11.9. The first kappa shape index (κ1) is 38.0. The molecule has 49 heavy (non-hydrogen) atoms. The molecule has 8 nitrogen and oxygen atoms in total. The van der Waals surface area contributed by atoms with Crippen LogP contribution in [0.5, 0.6) is 0 Å². The van der Waals surface area contributed by atoms with Crippen LogP contribution in [0.4, 0.5) is 0 Å². The lowest BCUT2D eigenvalue weighted by Gasteiger charge is -2.41. The largest absolute Gasteiger partial charge is 0.377 e. The second-order valence-corrected chi connectivity index (χ2v) is 16.2. The SMILES string of the molecule is C=CCC1OCCC2(C)OC[C@@H](C(C)C)N2C(=O)C(CC2CCCCC2)CCC(=O)N2[C@@H](C(C)C)COC2(C)CCOCc2ccccc21. The van der Waals surface area contributed by atoms with Crippen LogP contribution in [0.1, 0.15) is 129 Å². The highest BCUT2D eigenvalue weighted by Crippen LogP contribution is 2.41. The smallest absolute Gasteiger partial charge is 0.228 e. The van der Waals surface area contributed by atoms with E-state index in [9.17, 15) is 9.59 Å². The molecule has 3 fully saturated rings. The minimum Gasteiger partial charge on any atom is -0.377 e. The number of hydrogen-bond donors (Lipinski definition) is 0. The lowest BCUT2D eigenvalue weighted by Crippen LogP contribution is -2.54. The summed E-state index contributed by atoms with van der Waals surface area (Å²) in [6.07, 6.45) is 11.2. The number of carbonyl (C=O) groups is 2. The fraction of sp³-hybridized carbons (Fsp3) is 0.756. The summed E-state index contributed by atoms with van der Waals surface area (Å²) in [6, 6.07) is 8.23. The molecule has 4 unspecified atom stereocenters. The van der Waals surface area contributed by atoms with Crippen LogP contribution in [-0.2, 0) is 35.1 Å². The summed E-state index contributed by atoms with van der Waals surface area (Å²) in [5, 5.41) is 0. The van der Waals surface area contributed by atoms with Crippen molar-refractivity contribution in [1.82, 2.24) is 9.80 Å². The number of carbonyl (C=O) groups excluding carboxylic acids is 2. The molecule has 0 spiro atoms. The summed E-state index contributed by atoms with van der Waals surface area (Å²) in [5.41, 5.74) is 0.590. The van der Waals surface area contributed by atoms with Gasteiger partial charge in [-0.25, -0.2) is 0 Å². The Hall–Kier alpha value is -2.26. The molecular formula is C41H64N2O6. The van der Waals surface area contributed by atoms with Gasteiger partial charge in [-0.15, -0.1) is 6.58 Å². The van der Waals surface area contributed by atoms with Gasteiger partial charge in [-0.05, 0) is 62.0 Å². The van der Waals surface area contributed by atoms with Gasteiger partial charge in [0.15, 0.2) is 0 Å². The Morgan fingerprint density at radius 2 is 1.51 bits per heavy atom. The van der Waals surface area contributed by atoms with Gasteiger partial charge < -0.3 is 28.7 Å². The third-order valence-corrected chi connectivity index (χ3v) is 11.9. The van der Waals surface area contributed by atoms with Gasteiger partial charge in [0.2, 0.25) is 11.8 Å². The predicted molar refractivity (Wildman–Crippen MR) is 192 cm³/mol. The van der Waals surface area contributed by atoms with Crippen LogP contribution in [0.2, 0.25) is 0 Å². The van der Waals surface area contributed by atoms with Crippen molar-refractivity contribution in [3.63, 3.8) is 0 Å². The Labute approximate surface area is 296 Å². The van der Waals surface area contributed by atoms with Crippen LogP contribution in [0.25, 0.3) is 0 Å². The molecule has 6 atom stereocenters.